The first-order valence-corrected chi connectivity index (χ1v) is 27.8. The molecule has 1 atom stereocenters. The summed E-state index contributed by atoms with van der Waals surface area (Å²) >= 11 is 0. The molecule has 0 aliphatic rings. The SMILES string of the molecule is CCCCC\C=C/C=C\C=C/C=C\CCCCCCCC(=O)OCC(COC(=O)CCCCCCCCCCCCCCC)OC(=O)CCCCCCC/C=C\CCCCCCCCC. The zero-order valence-corrected chi connectivity index (χ0v) is 43.0. The Bertz CT molecular complexity index is 1180. The fourth-order valence-electron chi connectivity index (χ4n) is 7.86. The van der Waals surface area contributed by atoms with E-state index in [0.717, 1.165) is 96.3 Å². The van der Waals surface area contributed by atoms with Gasteiger partial charge in [0.05, 0.1) is 0 Å². The van der Waals surface area contributed by atoms with Crippen molar-refractivity contribution in [3.63, 3.8) is 0 Å². The van der Waals surface area contributed by atoms with E-state index in [0.29, 0.717) is 19.3 Å². The van der Waals surface area contributed by atoms with Gasteiger partial charge >= 0.3 is 17.9 Å². The minimum Gasteiger partial charge on any atom is -0.462 e. The van der Waals surface area contributed by atoms with Crippen molar-refractivity contribution >= 4 is 17.9 Å². The lowest BCUT2D eigenvalue weighted by Gasteiger charge is -2.18. The molecule has 0 saturated heterocycles. The summed E-state index contributed by atoms with van der Waals surface area (Å²) in [6, 6.07) is 0. The summed E-state index contributed by atoms with van der Waals surface area (Å²) in [5, 5.41) is 0. The number of esters is 3. The van der Waals surface area contributed by atoms with Gasteiger partial charge in [-0.3, -0.25) is 14.4 Å². The number of ether oxygens (including phenoxy) is 3. The van der Waals surface area contributed by atoms with Crippen LogP contribution in [0.5, 0.6) is 0 Å². The smallest absolute Gasteiger partial charge is 0.306 e. The molecule has 0 aromatic rings. The number of rotatable bonds is 50. The Hall–Kier alpha value is -2.89. The number of carbonyl (C=O) groups excluding carboxylic acids is 3. The van der Waals surface area contributed by atoms with E-state index in [4.69, 9.17) is 14.2 Å². The molecule has 6 nitrogen and oxygen atoms in total. The average molecular weight is 909 g/mol. The molecule has 6 heteroatoms. The molecule has 0 aliphatic heterocycles. The highest BCUT2D eigenvalue weighted by atomic mass is 16.6. The van der Waals surface area contributed by atoms with Crippen LogP contribution in [0.3, 0.4) is 0 Å². The van der Waals surface area contributed by atoms with Crippen LogP contribution in [-0.4, -0.2) is 37.2 Å². The largest absolute Gasteiger partial charge is 0.462 e. The quantitative estimate of drug-likeness (QED) is 0.0199. The fraction of sp³-hybridized carbons (Fsp3) is 0.780. The van der Waals surface area contributed by atoms with Crippen LogP contribution >= 0.6 is 0 Å². The second kappa shape index (κ2) is 53.7. The number of carbonyl (C=O) groups is 3. The van der Waals surface area contributed by atoms with Crippen molar-refractivity contribution in [2.24, 2.45) is 0 Å². The molecule has 0 N–H and O–H groups in total. The molecule has 1 unspecified atom stereocenters. The summed E-state index contributed by atoms with van der Waals surface area (Å²) in [4.78, 5) is 38.1. The van der Waals surface area contributed by atoms with E-state index < -0.39 is 6.10 Å². The molecular formula is C59H104O6. The van der Waals surface area contributed by atoms with Gasteiger partial charge in [-0.1, -0.05) is 248 Å². The lowest BCUT2D eigenvalue weighted by atomic mass is 10.0. The van der Waals surface area contributed by atoms with Gasteiger partial charge in [-0.2, -0.15) is 0 Å². The van der Waals surface area contributed by atoms with Crippen LogP contribution in [0.25, 0.3) is 0 Å². The maximum absolute atomic E-state index is 12.8. The van der Waals surface area contributed by atoms with Crippen LogP contribution < -0.4 is 0 Å². The monoisotopic (exact) mass is 909 g/mol. The molecule has 0 heterocycles. The first-order chi connectivity index (χ1) is 32.0. The van der Waals surface area contributed by atoms with Crippen molar-refractivity contribution in [3.05, 3.63) is 60.8 Å². The molecular weight excluding hydrogens is 805 g/mol. The van der Waals surface area contributed by atoms with E-state index in [2.05, 4.69) is 81.5 Å². The molecule has 0 bridgehead atoms. The van der Waals surface area contributed by atoms with Crippen LogP contribution in [0.4, 0.5) is 0 Å². The first kappa shape index (κ1) is 62.1. The second-order valence-corrected chi connectivity index (χ2v) is 18.6. The van der Waals surface area contributed by atoms with Crippen LogP contribution in [0.15, 0.2) is 60.8 Å². The molecule has 0 spiro atoms. The summed E-state index contributed by atoms with van der Waals surface area (Å²) in [5.41, 5.74) is 0. The lowest BCUT2D eigenvalue weighted by molar-refractivity contribution is -0.167. The zero-order valence-electron chi connectivity index (χ0n) is 43.0. The Morgan fingerprint density at radius 3 is 0.938 bits per heavy atom. The molecule has 0 radical (unpaired) electrons. The Kier molecular flexibility index (Phi) is 51.3. The molecule has 0 saturated carbocycles. The molecule has 0 aliphatic carbocycles. The third kappa shape index (κ3) is 51.9. The molecule has 65 heavy (non-hydrogen) atoms. The predicted molar refractivity (Wildman–Crippen MR) is 279 cm³/mol. The van der Waals surface area contributed by atoms with E-state index in [9.17, 15) is 14.4 Å². The fourth-order valence-corrected chi connectivity index (χ4v) is 7.86. The highest BCUT2D eigenvalue weighted by Crippen LogP contribution is 2.15. The number of hydrogen-bond donors (Lipinski definition) is 0. The molecule has 0 aromatic carbocycles. The Morgan fingerprint density at radius 2 is 0.569 bits per heavy atom. The summed E-state index contributed by atoms with van der Waals surface area (Å²) in [5.74, 6) is -0.906. The maximum atomic E-state index is 12.8. The maximum Gasteiger partial charge on any atom is 0.306 e. The van der Waals surface area contributed by atoms with E-state index in [1.807, 2.05) is 0 Å². The number of unbranched alkanes of at least 4 members (excludes halogenated alkanes) is 32. The van der Waals surface area contributed by atoms with Gasteiger partial charge in [0.1, 0.15) is 13.2 Å². The van der Waals surface area contributed by atoms with Crippen molar-refractivity contribution in [1.29, 1.82) is 0 Å². The molecule has 0 fully saturated rings. The minimum absolute atomic E-state index is 0.0831. The Morgan fingerprint density at radius 1 is 0.308 bits per heavy atom. The van der Waals surface area contributed by atoms with E-state index in [1.165, 1.54) is 141 Å². The van der Waals surface area contributed by atoms with Crippen LogP contribution in [0.2, 0.25) is 0 Å². The van der Waals surface area contributed by atoms with Crippen LogP contribution in [0.1, 0.15) is 278 Å². The lowest BCUT2D eigenvalue weighted by Crippen LogP contribution is -2.30. The zero-order chi connectivity index (χ0) is 47.2. The standard InChI is InChI=1S/C59H104O6/c1-4-7-10-13-16-19-22-25-27-29-30-32-34-37-40-43-46-49-52-58(61)64-55-56(54-63-57(60)51-48-45-42-39-36-33-24-21-18-15-12-9-6-3)65-59(62)53-50-47-44-41-38-35-31-28-26-23-20-17-14-11-8-5-2/h16,19,22,25,27-32,56H,4-15,17-18,20-21,23-24,26,33-55H2,1-3H3/b19-16-,25-22-,29-27-,31-28-,32-30-. The first-order valence-electron chi connectivity index (χ1n) is 27.8. The van der Waals surface area contributed by atoms with Gasteiger partial charge in [-0.05, 0) is 70.6 Å². The summed E-state index contributed by atoms with van der Waals surface area (Å²) < 4.78 is 16.8. The normalized spacial score (nSPS) is 12.5. The molecule has 0 amide bonds. The summed E-state index contributed by atoms with van der Waals surface area (Å²) in [6.45, 7) is 6.59. The Labute approximate surface area is 402 Å². The summed E-state index contributed by atoms with van der Waals surface area (Å²) in [7, 11) is 0. The van der Waals surface area contributed by atoms with Crippen molar-refractivity contribution in [3.8, 4) is 0 Å². The topological polar surface area (TPSA) is 78.9 Å². The van der Waals surface area contributed by atoms with Gasteiger partial charge in [0.25, 0.3) is 0 Å². The summed E-state index contributed by atoms with van der Waals surface area (Å²) in [6.07, 6.45) is 66.2. The molecule has 0 aromatic heterocycles. The van der Waals surface area contributed by atoms with Crippen molar-refractivity contribution in [1.82, 2.24) is 0 Å². The highest BCUT2D eigenvalue weighted by Gasteiger charge is 2.19. The van der Waals surface area contributed by atoms with Gasteiger partial charge in [0.15, 0.2) is 6.10 Å². The molecule has 376 valence electrons. The van der Waals surface area contributed by atoms with Crippen molar-refractivity contribution in [2.75, 3.05) is 13.2 Å². The number of allylic oxidation sites excluding steroid dienone is 10. The van der Waals surface area contributed by atoms with Crippen molar-refractivity contribution < 1.29 is 28.6 Å². The molecule has 0 rings (SSSR count). The van der Waals surface area contributed by atoms with E-state index in [-0.39, 0.29) is 31.1 Å². The Balaban J connectivity index is 4.42. The van der Waals surface area contributed by atoms with Gasteiger partial charge in [-0.15, -0.1) is 0 Å². The average Bonchev–Trinajstić information content (AvgIpc) is 3.30. The van der Waals surface area contributed by atoms with Crippen LogP contribution in [-0.2, 0) is 28.6 Å². The van der Waals surface area contributed by atoms with Crippen LogP contribution in [0, 0.1) is 0 Å². The third-order valence-electron chi connectivity index (χ3n) is 12.1. The van der Waals surface area contributed by atoms with E-state index >= 15 is 0 Å². The van der Waals surface area contributed by atoms with Gasteiger partial charge in [0, 0.05) is 19.3 Å². The number of hydrogen-bond acceptors (Lipinski definition) is 6. The van der Waals surface area contributed by atoms with Gasteiger partial charge in [0.2, 0.25) is 0 Å². The van der Waals surface area contributed by atoms with Gasteiger partial charge < -0.3 is 14.2 Å². The third-order valence-corrected chi connectivity index (χ3v) is 12.1. The minimum atomic E-state index is -0.786. The highest BCUT2D eigenvalue weighted by molar-refractivity contribution is 5.71. The van der Waals surface area contributed by atoms with Gasteiger partial charge in [-0.25, -0.2) is 0 Å². The van der Waals surface area contributed by atoms with Crippen molar-refractivity contribution in [2.45, 2.75) is 284 Å². The van der Waals surface area contributed by atoms with E-state index in [1.54, 1.807) is 0 Å². The predicted octanol–water partition coefficient (Wildman–Crippen LogP) is 18.4. The second-order valence-electron chi connectivity index (χ2n) is 18.6.